The molecule has 86 valence electrons. The first-order chi connectivity index (χ1) is 8.01. The van der Waals surface area contributed by atoms with Crippen molar-refractivity contribution in [2.75, 3.05) is 0 Å². The molecule has 0 spiro atoms. The number of ether oxygens (including phenoxy) is 1. The molecule has 0 radical (unpaired) electrons. The van der Waals surface area contributed by atoms with E-state index in [1.165, 1.54) is 6.07 Å². The molecule has 1 heterocycles. The topological polar surface area (TPSA) is 26.3 Å². The molecule has 0 aromatic heterocycles. The lowest BCUT2D eigenvalue weighted by Gasteiger charge is -2.30. The minimum atomic E-state index is -0.946. The summed E-state index contributed by atoms with van der Waals surface area (Å²) in [5.41, 5.74) is -0.514. The molecule has 0 bridgehead atoms. The van der Waals surface area contributed by atoms with Gasteiger partial charge in [-0.15, -0.1) is 0 Å². The Bertz CT molecular complexity index is 644. The van der Waals surface area contributed by atoms with Gasteiger partial charge in [0.15, 0.2) is 0 Å². The van der Waals surface area contributed by atoms with Crippen LogP contribution in [0.2, 0.25) is 0 Å². The van der Waals surface area contributed by atoms with E-state index < -0.39 is 11.4 Å². The quantitative estimate of drug-likeness (QED) is 0.513. The fraction of sp³-hybridized carbons (Fsp3) is 0.214. The Kier molecular flexibility index (Phi) is 1.85. The number of hydrogen-bond donors (Lipinski definition) is 0. The molecule has 0 atom stereocenters. The maximum Gasteiger partial charge on any atom is 0.321 e. The zero-order chi connectivity index (χ0) is 12.2. The van der Waals surface area contributed by atoms with Crippen LogP contribution in [0.25, 0.3) is 10.8 Å². The number of esters is 1. The highest BCUT2D eigenvalue weighted by atomic mass is 19.1. The average molecular weight is 230 g/mol. The molecule has 0 saturated heterocycles. The molecule has 2 aromatic rings. The molecule has 0 aliphatic carbocycles. The molecule has 3 heteroatoms. The summed E-state index contributed by atoms with van der Waals surface area (Å²) >= 11 is 0. The molecular weight excluding hydrogens is 219 g/mol. The number of benzene rings is 2. The van der Waals surface area contributed by atoms with E-state index in [1.54, 1.807) is 32.0 Å². The second-order valence-corrected chi connectivity index (χ2v) is 4.79. The summed E-state index contributed by atoms with van der Waals surface area (Å²) in [7, 11) is 0. The molecule has 17 heavy (non-hydrogen) atoms. The van der Waals surface area contributed by atoms with Crippen LogP contribution in [0.1, 0.15) is 19.4 Å². The van der Waals surface area contributed by atoms with Gasteiger partial charge in [-0.2, -0.15) is 0 Å². The van der Waals surface area contributed by atoms with Crippen LogP contribution in [0.15, 0.2) is 30.3 Å². The molecule has 0 fully saturated rings. The molecule has 2 nitrogen and oxygen atoms in total. The highest BCUT2D eigenvalue weighted by molar-refractivity contribution is 6.02. The van der Waals surface area contributed by atoms with Gasteiger partial charge in [0.1, 0.15) is 11.6 Å². The van der Waals surface area contributed by atoms with E-state index in [0.29, 0.717) is 16.7 Å². The van der Waals surface area contributed by atoms with Crippen molar-refractivity contribution in [3.8, 4) is 5.75 Å². The van der Waals surface area contributed by atoms with E-state index in [2.05, 4.69) is 0 Å². The highest BCUT2D eigenvalue weighted by Gasteiger charge is 2.40. The van der Waals surface area contributed by atoms with Gasteiger partial charge in [-0.3, -0.25) is 4.79 Å². The molecule has 3 rings (SSSR count). The van der Waals surface area contributed by atoms with Gasteiger partial charge in [0.25, 0.3) is 0 Å². The van der Waals surface area contributed by atoms with Crippen molar-refractivity contribution in [2.45, 2.75) is 19.3 Å². The van der Waals surface area contributed by atoms with E-state index in [0.717, 1.165) is 5.39 Å². The van der Waals surface area contributed by atoms with Crippen LogP contribution in [-0.4, -0.2) is 5.97 Å². The van der Waals surface area contributed by atoms with Crippen LogP contribution in [0, 0.1) is 5.82 Å². The third-order valence-electron chi connectivity index (χ3n) is 3.29. The fourth-order valence-corrected chi connectivity index (χ4v) is 2.35. The van der Waals surface area contributed by atoms with E-state index in [4.69, 9.17) is 4.74 Å². The van der Waals surface area contributed by atoms with Crippen LogP contribution < -0.4 is 4.74 Å². The van der Waals surface area contributed by atoms with E-state index >= 15 is 0 Å². The van der Waals surface area contributed by atoms with Crippen LogP contribution in [0.5, 0.6) is 5.75 Å². The highest BCUT2D eigenvalue weighted by Crippen LogP contribution is 2.42. The van der Waals surface area contributed by atoms with Crippen molar-refractivity contribution in [1.29, 1.82) is 0 Å². The molecule has 0 N–H and O–H groups in total. The molecule has 0 unspecified atom stereocenters. The van der Waals surface area contributed by atoms with Crippen molar-refractivity contribution in [3.63, 3.8) is 0 Å². The van der Waals surface area contributed by atoms with Gasteiger partial charge < -0.3 is 4.74 Å². The van der Waals surface area contributed by atoms with E-state index in [-0.39, 0.29) is 5.82 Å². The fourth-order valence-electron chi connectivity index (χ4n) is 2.35. The van der Waals surface area contributed by atoms with E-state index in [9.17, 15) is 9.18 Å². The van der Waals surface area contributed by atoms with Crippen molar-refractivity contribution >= 4 is 16.7 Å². The predicted molar refractivity (Wildman–Crippen MR) is 62.6 cm³/mol. The van der Waals surface area contributed by atoms with E-state index in [1.807, 2.05) is 6.07 Å². The zero-order valence-corrected chi connectivity index (χ0v) is 9.58. The molecule has 1 aliphatic heterocycles. The first kappa shape index (κ1) is 10.3. The Morgan fingerprint density at radius 1 is 1.18 bits per heavy atom. The Labute approximate surface area is 98.0 Å². The van der Waals surface area contributed by atoms with Gasteiger partial charge >= 0.3 is 5.97 Å². The second kappa shape index (κ2) is 3.06. The van der Waals surface area contributed by atoms with Gasteiger partial charge in [-0.05, 0) is 31.4 Å². The maximum atomic E-state index is 14.0. The lowest BCUT2D eigenvalue weighted by Crippen LogP contribution is -2.37. The molecule has 1 aliphatic rings. The third-order valence-corrected chi connectivity index (χ3v) is 3.29. The maximum absolute atomic E-state index is 14.0. The van der Waals surface area contributed by atoms with Crippen LogP contribution in [0.4, 0.5) is 4.39 Å². The summed E-state index contributed by atoms with van der Waals surface area (Å²) in [5.74, 6) is -0.324. The number of carbonyl (C=O) groups is 1. The number of hydrogen-bond acceptors (Lipinski definition) is 2. The van der Waals surface area contributed by atoms with Crippen molar-refractivity contribution < 1.29 is 13.9 Å². The Hall–Kier alpha value is -1.90. The van der Waals surface area contributed by atoms with Gasteiger partial charge in [0, 0.05) is 10.9 Å². The Morgan fingerprint density at radius 2 is 1.94 bits per heavy atom. The van der Waals surface area contributed by atoms with Crippen LogP contribution >= 0.6 is 0 Å². The van der Waals surface area contributed by atoms with Gasteiger partial charge in [0.2, 0.25) is 0 Å². The summed E-state index contributed by atoms with van der Waals surface area (Å²) in [6.45, 7) is 3.37. The monoisotopic (exact) mass is 230 g/mol. The number of rotatable bonds is 0. The average Bonchev–Trinajstić information content (AvgIpc) is 2.28. The normalized spacial score (nSPS) is 17.0. The SMILES string of the molecule is CC1(C)C(=O)Oc2cccc3ccc(F)c1c23. The smallest absolute Gasteiger partial charge is 0.321 e. The van der Waals surface area contributed by atoms with Gasteiger partial charge in [0.05, 0.1) is 5.41 Å². The standard InChI is InChI=1S/C14H11FO2/c1-14(2)12-9(15)7-6-8-4-3-5-10(11(8)12)17-13(14)16/h3-7H,1-2H3. The minimum Gasteiger partial charge on any atom is -0.425 e. The Morgan fingerprint density at radius 3 is 2.71 bits per heavy atom. The predicted octanol–water partition coefficient (Wildman–Crippen LogP) is 3.18. The summed E-state index contributed by atoms with van der Waals surface area (Å²) in [4.78, 5) is 11.9. The first-order valence-corrected chi connectivity index (χ1v) is 5.46. The minimum absolute atomic E-state index is 0.355. The first-order valence-electron chi connectivity index (χ1n) is 5.46. The van der Waals surface area contributed by atoms with Gasteiger partial charge in [-0.1, -0.05) is 18.2 Å². The van der Waals surface area contributed by atoms with Crippen molar-refractivity contribution in [1.82, 2.24) is 0 Å². The summed E-state index contributed by atoms with van der Waals surface area (Å²) < 4.78 is 19.3. The number of halogens is 1. The molecule has 2 aromatic carbocycles. The van der Waals surface area contributed by atoms with Crippen molar-refractivity contribution in [3.05, 3.63) is 41.7 Å². The van der Waals surface area contributed by atoms with Crippen LogP contribution in [0.3, 0.4) is 0 Å². The number of carbonyl (C=O) groups excluding carboxylic acids is 1. The Balaban J connectivity index is 2.54. The largest absolute Gasteiger partial charge is 0.425 e. The summed E-state index contributed by atoms with van der Waals surface area (Å²) in [5, 5.41) is 1.59. The molecule has 0 saturated carbocycles. The second-order valence-electron chi connectivity index (χ2n) is 4.79. The summed E-state index contributed by atoms with van der Waals surface area (Å²) in [6.07, 6.45) is 0. The van der Waals surface area contributed by atoms with Crippen molar-refractivity contribution in [2.24, 2.45) is 0 Å². The molecule has 0 amide bonds. The molecular formula is C14H11FO2. The lowest BCUT2D eigenvalue weighted by molar-refractivity contribution is -0.140. The lowest BCUT2D eigenvalue weighted by atomic mass is 9.79. The van der Waals surface area contributed by atoms with Crippen LogP contribution in [-0.2, 0) is 10.2 Å². The summed E-state index contributed by atoms with van der Waals surface area (Å²) in [6, 6.07) is 8.48. The zero-order valence-electron chi connectivity index (χ0n) is 9.58. The third kappa shape index (κ3) is 1.22. The van der Waals surface area contributed by atoms with Gasteiger partial charge in [-0.25, -0.2) is 4.39 Å².